The number of carbonyl (C=O) groups is 4. The van der Waals surface area contributed by atoms with Crippen molar-refractivity contribution >= 4 is 31.8 Å². The van der Waals surface area contributed by atoms with Gasteiger partial charge in [0.1, 0.15) is 18.5 Å². The number of phosphoric ester groups is 1. The number of imide groups is 1. The fraction of sp³-hybridized carbons (Fsp3) is 0.500. The molecule has 332 valence electrons. The molecule has 5 rings (SSSR count). The van der Waals surface area contributed by atoms with Gasteiger partial charge in [-0.25, -0.2) is 18.9 Å². The van der Waals surface area contributed by atoms with Gasteiger partial charge in [-0.2, -0.15) is 0 Å². The quantitative estimate of drug-likeness (QED) is 0.0528. The van der Waals surface area contributed by atoms with Gasteiger partial charge in [0.25, 0.3) is 17.4 Å². The van der Waals surface area contributed by atoms with Gasteiger partial charge in [-0.3, -0.25) is 37.4 Å². The van der Waals surface area contributed by atoms with Crippen LogP contribution in [0.1, 0.15) is 68.1 Å². The van der Waals surface area contributed by atoms with Crippen molar-refractivity contribution in [2.75, 3.05) is 46.8 Å². The van der Waals surface area contributed by atoms with E-state index in [9.17, 15) is 33.3 Å². The van der Waals surface area contributed by atoms with Gasteiger partial charge in [0.05, 0.1) is 57.9 Å². The number of hydrogen-bond acceptors (Lipinski definition) is 17. The molecule has 0 spiro atoms. The Morgan fingerprint density at radius 3 is 2.20 bits per heavy atom. The van der Waals surface area contributed by atoms with E-state index in [0.29, 0.717) is 36.7 Å². The summed E-state index contributed by atoms with van der Waals surface area (Å²) in [6.07, 6.45) is -3.89. The van der Waals surface area contributed by atoms with Gasteiger partial charge in [-0.15, -0.1) is 0 Å². The molecular weight excluding hydrogens is 825 g/mol. The SMILES string of the molecule is CCCCOP(=O)(Oc1ccc(COC(=O)ON2C(=O)CCC2=O)cc1)OC1[C@@H](CC)O[C@@H](n2ccc(=O)n(CCOCCOCCOC)c2=O)[C@H]1OC(=O)c1ccccc1. The Balaban J connectivity index is 1.36. The van der Waals surface area contributed by atoms with E-state index < -0.39 is 67.6 Å². The van der Waals surface area contributed by atoms with Gasteiger partial charge in [-0.1, -0.05) is 55.7 Å². The predicted octanol–water partition coefficient (Wildman–Crippen LogP) is 4.33. The molecular formula is C40H50N3O17P. The Morgan fingerprint density at radius 2 is 1.52 bits per heavy atom. The zero-order valence-corrected chi connectivity index (χ0v) is 35.0. The average Bonchev–Trinajstić information content (AvgIpc) is 3.75. The van der Waals surface area contributed by atoms with Crippen LogP contribution in [0.3, 0.4) is 0 Å². The molecule has 61 heavy (non-hydrogen) atoms. The smallest absolute Gasteiger partial charge is 0.451 e. The van der Waals surface area contributed by atoms with Crippen LogP contribution in [-0.2, 0) is 69.6 Å². The topological polar surface area (TPSA) is 225 Å². The van der Waals surface area contributed by atoms with Crippen LogP contribution in [0.15, 0.2) is 76.4 Å². The molecule has 2 saturated heterocycles. The van der Waals surface area contributed by atoms with Gasteiger partial charge < -0.3 is 32.9 Å². The lowest BCUT2D eigenvalue weighted by atomic mass is 10.1. The van der Waals surface area contributed by atoms with E-state index in [0.717, 1.165) is 9.13 Å². The highest BCUT2D eigenvalue weighted by Crippen LogP contribution is 2.54. The minimum Gasteiger partial charge on any atom is -0.451 e. The first kappa shape index (κ1) is 46.8. The number of phosphoric acid groups is 1. The predicted molar refractivity (Wildman–Crippen MR) is 211 cm³/mol. The van der Waals surface area contributed by atoms with Gasteiger partial charge in [0.15, 0.2) is 12.3 Å². The minimum absolute atomic E-state index is 0.00724. The largest absolute Gasteiger partial charge is 0.534 e. The zero-order chi connectivity index (χ0) is 43.8. The summed E-state index contributed by atoms with van der Waals surface area (Å²) >= 11 is 0. The number of hydrogen-bond donors (Lipinski definition) is 0. The average molecular weight is 876 g/mol. The Labute approximate surface area is 351 Å². The number of rotatable bonds is 24. The van der Waals surface area contributed by atoms with Gasteiger partial charge in [0.2, 0.25) is 0 Å². The Hall–Kier alpha value is -5.21. The van der Waals surface area contributed by atoms with Crippen LogP contribution in [0.25, 0.3) is 0 Å². The van der Waals surface area contributed by atoms with Gasteiger partial charge >= 0.3 is 25.6 Å². The number of carbonyl (C=O) groups excluding carboxylic acids is 4. The van der Waals surface area contributed by atoms with Crippen LogP contribution in [0.4, 0.5) is 4.79 Å². The first-order valence-electron chi connectivity index (χ1n) is 19.8. The van der Waals surface area contributed by atoms with E-state index in [1.807, 2.05) is 6.92 Å². The maximum atomic E-state index is 14.6. The molecule has 0 N–H and O–H groups in total. The highest BCUT2D eigenvalue weighted by atomic mass is 31.2. The first-order chi connectivity index (χ1) is 29.5. The van der Waals surface area contributed by atoms with Crippen LogP contribution < -0.4 is 15.8 Å². The zero-order valence-electron chi connectivity index (χ0n) is 34.1. The fourth-order valence-electron chi connectivity index (χ4n) is 6.05. The lowest BCUT2D eigenvalue weighted by Crippen LogP contribution is -2.45. The summed E-state index contributed by atoms with van der Waals surface area (Å²) in [5.74, 6) is -2.09. The first-order valence-corrected chi connectivity index (χ1v) is 21.2. The molecule has 2 aliphatic heterocycles. The van der Waals surface area contributed by atoms with Crippen molar-refractivity contribution in [3.05, 3.63) is 98.8 Å². The maximum Gasteiger partial charge on any atom is 0.534 e. The number of unbranched alkanes of at least 4 members (excludes halogenated alkanes) is 1. The number of esters is 1. The van der Waals surface area contributed by atoms with Crippen LogP contribution in [-0.4, -0.2) is 103 Å². The summed E-state index contributed by atoms with van der Waals surface area (Å²) in [5, 5.41) is 0.363. The molecule has 2 amide bonds. The lowest BCUT2D eigenvalue weighted by Gasteiger charge is -2.28. The van der Waals surface area contributed by atoms with Crippen molar-refractivity contribution in [3.8, 4) is 5.75 Å². The van der Waals surface area contributed by atoms with Crippen molar-refractivity contribution in [2.24, 2.45) is 0 Å². The van der Waals surface area contributed by atoms with Crippen molar-refractivity contribution in [1.29, 1.82) is 0 Å². The second-order valence-corrected chi connectivity index (χ2v) is 15.1. The summed E-state index contributed by atoms with van der Waals surface area (Å²) in [6, 6.07) is 15.0. The summed E-state index contributed by atoms with van der Waals surface area (Å²) in [7, 11) is -3.04. The number of hydroxylamine groups is 2. The third-order valence-corrected chi connectivity index (χ3v) is 10.7. The standard InChI is InChI=1S/C40H50N3O17P/c1-4-6-21-55-61(50,59-30-14-12-28(13-15-30)27-54-40(49)58-43-33(45)16-17-34(43)46)60-35-31(5-2)56-37(36(35)57-38(47)29-10-8-7-9-11-29)42-19-18-32(44)41(39(42)48)20-22-52-25-26-53-24-23-51-3/h7-15,18-19,31,35-37H,4-6,16-17,20-27H2,1-3H3/t31-,35?,36+,37-,61?/m1/s1. The molecule has 2 aliphatic rings. The second-order valence-electron chi connectivity index (χ2n) is 13.6. The van der Waals surface area contributed by atoms with Crippen LogP contribution in [0, 0.1) is 0 Å². The molecule has 2 aromatic carbocycles. The monoisotopic (exact) mass is 875 g/mol. The number of nitrogens with zero attached hydrogens (tertiary/aromatic N) is 3. The highest BCUT2D eigenvalue weighted by Gasteiger charge is 2.52. The number of amides is 2. The van der Waals surface area contributed by atoms with Crippen LogP contribution in [0.5, 0.6) is 5.75 Å². The van der Waals surface area contributed by atoms with Crippen LogP contribution >= 0.6 is 7.82 Å². The second kappa shape index (κ2) is 23.1. The number of ether oxygens (including phenoxy) is 6. The third kappa shape index (κ3) is 13.1. The maximum absolute atomic E-state index is 14.6. The number of benzene rings is 2. The highest BCUT2D eigenvalue weighted by molar-refractivity contribution is 7.49. The van der Waals surface area contributed by atoms with Gasteiger partial charge in [-0.05, 0) is 42.7 Å². The fourth-order valence-corrected chi connectivity index (χ4v) is 7.50. The van der Waals surface area contributed by atoms with E-state index in [2.05, 4.69) is 0 Å². The third-order valence-electron chi connectivity index (χ3n) is 9.24. The molecule has 0 radical (unpaired) electrons. The molecule has 5 atom stereocenters. The molecule has 2 fully saturated rings. The Bertz CT molecular complexity index is 2080. The van der Waals surface area contributed by atoms with Crippen LogP contribution in [0.2, 0.25) is 0 Å². The molecule has 20 nitrogen and oxygen atoms in total. The van der Waals surface area contributed by atoms with Crippen molar-refractivity contribution in [1.82, 2.24) is 14.2 Å². The molecule has 3 heterocycles. The van der Waals surface area contributed by atoms with Gasteiger partial charge in [0, 0.05) is 32.2 Å². The minimum atomic E-state index is -4.60. The van der Waals surface area contributed by atoms with Crippen molar-refractivity contribution in [2.45, 2.75) is 83.6 Å². The van der Waals surface area contributed by atoms with E-state index >= 15 is 0 Å². The number of aromatic nitrogens is 2. The molecule has 3 aromatic rings. The summed E-state index contributed by atoms with van der Waals surface area (Å²) < 4.78 is 67.8. The van der Waals surface area contributed by atoms with Crippen molar-refractivity contribution in [3.63, 3.8) is 0 Å². The number of methoxy groups -OCH3 is 1. The molecule has 0 bridgehead atoms. The Kier molecular flexibility index (Phi) is 17.8. The summed E-state index contributed by atoms with van der Waals surface area (Å²) in [5.41, 5.74) is -0.786. The summed E-state index contributed by atoms with van der Waals surface area (Å²) in [6.45, 7) is 4.50. The molecule has 0 saturated carbocycles. The molecule has 1 aromatic heterocycles. The normalized spacial score (nSPS) is 19.8. The van der Waals surface area contributed by atoms with E-state index in [1.54, 1.807) is 32.2 Å². The Morgan fingerprint density at radius 1 is 0.836 bits per heavy atom. The molecule has 0 aliphatic carbocycles. The molecule has 21 heteroatoms. The van der Waals surface area contributed by atoms with E-state index in [4.69, 9.17) is 46.8 Å². The van der Waals surface area contributed by atoms with E-state index in [-0.39, 0.29) is 70.2 Å². The summed E-state index contributed by atoms with van der Waals surface area (Å²) in [4.78, 5) is 80.8. The molecule has 2 unspecified atom stereocenters. The lowest BCUT2D eigenvalue weighted by molar-refractivity contribution is -0.177. The van der Waals surface area contributed by atoms with Crippen molar-refractivity contribution < 1.29 is 70.6 Å². The van der Waals surface area contributed by atoms with E-state index in [1.165, 1.54) is 48.7 Å².